The molecule has 3 heterocycles. The van der Waals surface area contributed by atoms with Crippen molar-refractivity contribution in [2.24, 2.45) is 0 Å². The number of rotatable bonds is 2. The lowest BCUT2D eigenvalue weighted by atomic mass is 10.2. The number of nitrogens with one attached hydrogen (secondary N) is 2. The number of aromatic amines is 1. The third kappa shape index (κ3) is 2.21. The molecule has 0 saturated carbocycles. The molecule has 7 heteroatoms. The van der Waals surface area contributed by atoms with Crippen LogP contribution in [0.5, 0.6) is 0 Å². The van der Waals surface area contributed by atoms with Crippen LogP contribution in [0.25, 0.3) is 11.6 Å². The second-order valence-corrected chi connectivity index (χ2v) is 4.76. The normalized spacial score (nSPS) is 20.3. The van der Waals surface area contributed by atoms with Crippen LogP contribution >= 0.6 is 11.6 Å². The second kappa shape index (κ2) is 4.62. The van der Waals surface area contributed by atoms with E-state index in [-0.39, 0.29) is 0 Å². The van der Waals surface area contributed by atoms with Crippen molar-refractivity contribution in [2.45, 2.75) is 13.0 Å². The van der Waals surface area contributed by atoms with E-state index in [1.54, 1.807) is 12.1 Å². The Bertz CT molecular complexity index is 537. The molecule has 2 aromatic heterocycles. The number of halogens is 1. The highest BCUT2D eigenvalue weighted by Crippen LogP contribution is 2.23. The van der Waals surface area contributed by atoms with E-state index in [0.29, 0.717) is 28.8 Å². The van der Waals surface area contributed by atoms with Crippen molar-refractivity contribution in [2.75, 3.05) is 24.5 Å². The van der Waals surface area contributed by atoms with Gasteiger partial charge < -0.3 is 14.6 Å². The SMILES string of the molecule is C[C@@H]1CN(c2n[nH]c(-c3ccc(Cl)o3)n2)CCN1. The fourth-order valence-corrected chi connectivity index (χ4v) is 2.21. The van der Waals surface area contributed by atoms with Crippen molar-refractivity contribution in [3.05, 3.63) is 17.4 Å². The van der Waals surface area contributed by atoms with Gasteiger partial charge in [-0.3, -0.25) is 5.10 Å². The van der Waals surface area contributed by atoms with E-state index < -0.39 is 0 Å². The van der Waals surface area contributed by atoms with E-state index in [0.717, 1.165) is 19.6 Å². The minimum absolute atomic E-state index is 0.346. The molecular weight excluding hydrogens is 254 g/mol. The van der Waals surface area contributed by atoms with Gasteiger partial charge in [0.05, 0.1) is 0 Å². The second-order valence-electron chi connectivity index (χ2n) is 4.39. The summed E-state index contributed by atoms with van der Waals surface area (Å²) in [6.45, 7) is 4.89. The molecule has 6 nitrogen and oxygen atoms in total. The van der Waals surface area contributed by atoms with Crippen LogP contribution in [0, 0.1) is 0 Å². The number of furan rings is 1. The summed E-state index contributed by atoms with van der Waals surface area (Å²) in [4.78, 5) is 6.58. The molecular formula is C11H14ClN5O. The Morgan fingerprint density at radius 3 is 3.11 bits per heavy atom. The minimum Gasteiger partial charge on any atom is -0.441 e. The average molecular weight is 268 g/mol. The highest BCUT2D eigenvalue weighted by molar-refractivity contribution is 6.28. The van der Waals surface area contributed by atoms with Crippen molar-refractivity contribution in [1.29, 1.82) is 0 Å². The third-order valence-electron chi connectivity index (χ3n) is 2.93. The largest absolute Gasteiger partial charge is 0.441 e. The molecule has 1 saturated heterocycles. The van der Waals surface area contributed by atoms with Gasteiger partial charge in [-0.25, -0.2) is 0 Å². The Labute approximate surface area is 109 Å². The van der Waals surface area contributed by atoms with Gasteiger partial charge in [-0.1, -0.05) is 0 Å². The number of nitrogens with zero attached hydrogens (tertiary/aromatic N) is 3. The van der Waals surface area contributed by atoms with E-state index in [4.69, 9.17) is 16.0 Å². The molecule has 1 aliphatic rings. The molecule has 0 unspecified atom stereocenters. The van der Waals surface area contributed by atoms with Crippen LogP contribution in [0.3, 0.4) is 0 Å². The Kier molecular flexibility index (Phi) is 2.97. The lowest BCUT2D eigenvalue weighted by molar-refractivity contribution is 0.480. The lowest BCUT2D eigenvalue weighted by Gasteiger charge is -2.30. The van der Waals surface area contributed by atoms with E-state index in [1.807, 2.05) is 0 Å². The quantitative estimate of drug-likeness (QED) is 0.863. The summed E-state index contributed by atoms with van der Waals surface area (Å²) in [5.74, 6) is 1.90. The van der Waals surface area contributed by atoms with E-state index >= 15 is 0 Å². The van der Waals surface area contributed by atoms with Crippen LogP contribution in [-0.2, 0) is 0 Å². The highest BCUT2D eigenvalue weighted by atomic mass is 35.5. The van der Waals surface area contributed by atoms with Gasteiger partial charge in [-0.15, -0.1) is 5.10 Å². The van der Waals surface area contributed by atoms with Crippen LogP contribution < -0.4 is 10.2 Å². The zero-order chi connectivity index (χ0) is 12.5. The predicted octanol–water partition coefficient (Wildman–Crippen LogP) is 1.52. The molecule has 0 bridgehead atoms. The van der Waals surface area contributed by atoms with Gasteiger partial charge in [0.1, 0.15) is 0 Å². The smallest absolute Gasteiger partial charge is 0.245 e. The summed E-state index contributed by atoms with van der Waals surface area (Å²) in [5, 5.41) is 10.8. The topological polar surface area (TPSA) is 70.0 Å². The molecule has 0 spiro atoms. The summed E-state index contributed by atoms with van der Waals surface area (Å²) in [6, 6.07) is 3.90. The third-order valence-corrected chi connectivity index (χ3v) is 3.13. The van der Waals surface area contributed by atoms with Gasteiger partial charge >= 0.3 is 0 Å². The first-order chi connectivity index (χ1) is 8.72. The van der Waals surface area contributed by atoms with Gasteiger partial charge in [0.25, 0.3) is 0 Å². The van der Waals surface area contributed by atoms with Crippen molar-refractivity contribution in [3.8, 4) is 11.6 Å². The lowest BCUT2D eigenvalue weighted by Crippen LogP contribution is -2.49. The van der Waals surface area contributed by atoms with E-state index in [2.05, 4.69) is 32.3 Å². The maximum absolute atomic E-state index is 5.74. The van der Waals surface area contributed by atoms with Crippen LogP contribution in [0.15, 0.2) is 16.5 Å². The van der Waals surface area contributed by atoms with E-state index in [9.17, 15) is 0 Å². The molecule has 3 rings (SSSR count). The summed E-state index contributed by atoms with van der Waals surface area (Å²) < 4.78 is 5.29. The number of anilines is 1. The van der Waals surface area contributed by atoms with Gasteiger partial charge in [-0.05, 0) is 30.7 Å². The molecule has 1 fully saturated rings. The van der Waals surface area contributed by atoms with Crippen LogP contribution in [-0.4, -0.2) is 40.9 Å². The molecule has 1 atom stereocenters. The van der Waals surface area contributed by atoms with Crippen molar-refractivity contribution >= 4 is 17.5 Å². The molecule has 2 N–H and O–H groups in total. The zero-order valence-electron chi connectivity index (χ0n) is 9.98. The van der Waals surface area contributed by atoms with Gasteiger partial charge in [0, 0.05) is 25.7 Å². The molecule has 0 amide bonds. The number of aromatic nitrogens is 3. The Balaban J connectivity index is 1.80. The molecule has 1 aliphatic heterocycles. The van der Waals surface area contributed by atoms with Gasteiger partial charge in [-0.2, -0.15) is 4.98 Å². The Morgan fingerprint density at radius 2 is 2.39 bits per heavy atom. The van der Waals surface area contributed by atoms with Crippen LogP contribution in [0.4, 0.5) is 5.95 Å². The first kappa shape index (κ1) is 11.6. The highest BCUT2D eigenvalue weighted by Gasteiger charge is 2.20. The summed E-state index contributed by atoms with van der Waals surface area (Å²) >= 11 is 5.74. The van der Waals surface area contributed by atoms with E-state index in [1.165, 1.54) is 0 Å². The van der Waals surface area contributed by atoms with Crippen LogP contribution in [0.1, 0.15) is 6.92 Å². The molecule has 96 valence electrons. The van der Waals surface area contributed by atoms with Gasteiger partial charge in [0.2, 0.25) is 5.95 Å². The van der Waals surface area contributed by atoms with Crippen molar-refractivity contribution in [3.63, 3.8) is 0 Å². The minimum atomic E-state index is 0.346. The molecule has 0 aromatic carbocycles. The summed E-state index contributed by atoms with van der Waals surface area (Å²) in [6.07, 6.45) is 0. The maximum Gasteiger partial charge on any atom is 0.245 e. The maximum atomic E-state index is 5.74. The number of piperazine rings is 1. The Hall–Kier alpha value is -1.53. The summed E-state index contributed by atoms with van der Waals surface area (Å²) in [5.41, 5.74) is 0. The molecule has 0 aliphatic carbocycles. The fourth-order valence-electron chi connectivity index (χ4n) is 2.06. The molecule has 0 radical (unpaired) electrons. The number of hydrogen-bond acceptors (Lipinski definition) is 5. The predicted molar refractivity (Wildman–Crippen MR) is 68.8 cm³/mol. The van der Waals surface area contributed by atoms with Crippen LogP contribution in [0.2, 0.25) is 5.22 Å². The zero-order valence-corrected chi connectivity index (χ0v) is 10.7. The van der Waals surface area contributed by atoms with Gasteiger partial charge in [0.15, 0.2) is 16.8 Å². The van der Waals surface area contributed by atoms with Crippen molar-refractivity contribution in [1.82, 2.24) is 20.5 Å². The first-order valence-electron chi connectivity index (χ1n) is 5.89. The standard InChI is InChI=1S/C11H14ClN5O/c1-7-6-17(5-4-13-7)11-14-10(15-16-11)8-2-3-9(12)18-8/h2-3,7,13H,4-6H2,1H3,(H,14,15,16)/t7-/m1/s1. The molecule has 18 heavy (non-hydrogen) atoms. The average Bonchev–Trinajstić information content (AvgIpc) is 2.97. The number of H-pyrrole nitrogens is 1. The first-order valence-corrected chi connectivity index (χ1v) is 6.26. The molecule has 2 aromatic rings. The van der Waals surface area contributed by atoms with Crippen molar-refractivity contribution < 1.29 is 4.42 Å². The fraction of sp³-hybridized carbons (Fsp3) is 0.455. The monoisotopic (exact) mass is 267 g/mol. The summed E-state index contributed by atoms with van der Waals surface area (Å²) in [7, 11) is 0. The Morgan fingerprint density at radius 1 is 1.50 bits per heavy atom. The number of hydrogen-bond donors (Lipinski definition) is 2.